The van der Waals surface area contributed by atoms with Crippen LogP contribution in [0.1, 0.15) is 19.8 Å². The highest BCUT2D eigenvalue weighted by atomic mass is 16.5. The Kier molecular flexibility index (Phi) is 6.83. The summed E-state index contributed by atoms with van der Waals surface area (Å²) < 4.78 is 5.53. The fourth-order valence-electron chi connectivity index (χ4n) is 3.87. The Balaban J connectivity index is 1.62. The maximum atomic E-state index is 5.53. The van der Waals surface area contributed by atoms with Gasteiger partial charge in [0.25, 0.3) is 0 Å². The van der Waals surface area contributed by atoms with Crippen LogP contribution in [-0.2, 0) is 0 Å². The van der Waals surface area contributed by atoms with Crippen LogP contribution in [-0.4, -0.2) is 82.3 Å². The molecule has 0 aromatic heterocycles. The van der Waals surface area contributed by atoms with Crippen LogP contribution in [0.4, 0.5) is 5.69 Å². The van der Waals surface area contributed by atoms with Crippen LogP contribution in [0, 0.1) is 5.92 Å². The van der Waals surface area contributed by atoms with E-state index in [9.17, 15) is 0 Å². The number of hydrogen-bond acceptors (Lipinski definition) is 4. The van der Waals surface area contributed by atoms with Crippen molar-refractivity contribution in [2.24, 2.45) is 10.9 Å². The normalized spacial score (nSPS) is 19.4. The molecule has 1 aromatic carbocycles. The summed E-state index contributed by atoms with van der Waals surface area (Å²) in [5, 5.41) is 3.50. The maximum absolute atomic E-state index is 5.53. The van der Waals surface area contributed by atoms with Gasteiger partial charge in [-0.3, -0.25) is 4.99 Å². The van der Waals surface area contributed by atoms with E-state index in [-0.39, 0.29) is 0 Å². The SMILES string of the molecule is CCNC(=NCC(C1CC1)N(C)C)N1CCN(c2ccccc2OC)CC1. The summed E-state index contributed by atoms with van der Waals surface area (Å²) in [6.45, 7) is 7.83. The molecule has 1 aliphatic heterocycles. The second-order valence-electron chi connectivity index (χ2n) is 7.71. The Bertz CT molecular complexity index is 619. The Hall–Kier alpha value is -1.95. The Morgan fingerprint density at radius 3 is 2.52 bits per heavy atom. The van der Waals surface area contributed by atoms with Crippen LogP contribution in [0.15, 0.2) is 29.3 Å². The van der Waals surface area contributed by atoms with Crippen LogP contribution < -0.4 is 15.0 Å². The van der Waals surface area contributed by atoms with E-state index >= 15 is 0 Å². The summed E-state index contributed by atoms with van der Waals surface area (Å²) in [6, 6.07) is 8.84. The highest BCUT2D eigenvalue weighted by Crippen LogP contribution is 2.34. The summed E-state index contributed by atoms with van der Waals surface area (Å²) >= 11 is 0. The van der Waals surface area contributed by atoms with Gasteiger partial charge in [0.2, 0.25) is 0 Å². The van der Waals surface area contributed by atoms with Gasteiger partial charge in [0.15, 0.2) is 5.96 Å². The first-order chi connectivity index (χ1) is 13.1. The minimum absolute atomic E-state index is 0.563. The van der Waals surface area contributed by atoms with Crippen molar-refractivity contribution in [1.82, 2.24) is 15.1 Å². The molecule has 27 heavy (non-hydrogen) atoms. The van der Waals surface area contributed by atoms with Gasteiger partial charge >= 0.3 is 0 Å². The molecule has 150 valence electrons. The lowest BCUT2D eigenvalue weighted by Gasteiger charge is -2.38. The number of nitrogens with zero attached hydrogens (tertiary/aromatic N) is 4. The molecule has 1 heterocycles. The van der Waals surface area contributed by atoms with E-state index in [0.29, 0.717) is 6.04 Å². The highest BCUT2D eigenvalue weighted by Gasteiger charge is 2.32. The van der Waals surface area contributed by atoms with Crippen molar-refractivity contribution in [1.29, 1.82) is 0 Å². The third-order valence-electron chi connectivity index (χ3n) is 5.60. The number of guanidine groups is 1. The van der Waals surface area contributed by atoms with Gasteiger partial charge in [0.05, 0.1) is 19.3 Å². The van der Waals surface area contributed by atoms with Crippen molar-refractivity contribution in [2.75, 3.05) is 65.4 Å². The van der Waals surface area contributed by atoms with Gasteiger partial charge in [0, 0.05) is 38.8 Å². The topological polar surface area (TPSA) is 43.3 Å². The number of nitrogens with one attached hydrogen (secondary N) is 1. The Labute approximate surface area is 164 Å². The van der Waals surface area contributed by atoms with Gasteiger partial charge in [-0.1, -0.05) is 12.1 Å². The van der Waals surface area contributed by atoms with Crippen molar-refractivity contribution < 1.29 is 4.74 Å². The maximum Gasteiger partial charge on any atom is 0.194 e. The third-order valence-corrected chi connectivity index (χ3v) is 5.60. The lowest BCUT2D eigenvalue weighted by molar-refractivity contribution is 0.269. The molecule has 1 N–H and O–H groups in total. The number of likely N-dealkylation sites (N-methyl/N-ethyl adjacent to an activating group) is 1. The van der Waals surface area contributed by atoms with Gasteiger partial charge < -0.3 is 24.8 Å². The summed E-state index contributed by atoms with van der Waals surface area (Å²) in [7, 11) is 6.10. The van der Waals surface area contributed by atoms with E-state index in [0.717, 1.165) is 56.9 Å². The molecule has 2 aliphatic rings. The summed E-state index contributed by atoms with van der Waals surface area (Å²) in [6.07, 6.45) is 2.71. The summed E-state index contributed by atoms with van der Waals surface area (Å²) in [5.74, 6) is 2.84. The Morgan fingerprint density at radius 2 is 1.93 bits per heavy atom. The average Bonchev–Trinajstić information content (AvgIpc) is 3.52. The van der Waals surface area contributed by atoms with Crippen LogP contribution in [0.3, 0.4) is 0 Å². The molecule has 1 atom stereocenters. The minimum atomic E-state index is 0.563. The van der Waals surface area contributed by atoms with Crippen molar-refractivity contribution in [2.45, 2.75) is 25.8 Å². The second kappa shape index (κ2) is 9.31. The van der Waals surface area contributed by atoms with Crippen LogP contribution in [0.2, 0.25) is 0 Å². The number of hydrogen-bond donors (Lipinski definition) is 1. The molecule has 1 saturated carbocycles. The Morgan fingerprint density at radius 1 is 1.22 bits per heavy atom. The smallest absolute Gasteiger partial charge is 0.194 e. The number of anilines is 1. The molecule has 0 spiro atoms. The third kappa shape index (κ3) is 5.06. The van der Waals surface area contributed by atoms with Gasteiger partial charge in [-0.05, 0) is 51.9 Å². The van der Waals surface area contributed by atoms with Crippen LogP contribution >= 0.6 is 0 Å². The largest absolute Gasteiger partial charge is 0.495 e. The molecule has 0 amide bonds. The van der Waals surface area contributed by atoms with E-state index in [1.807, 2.05) is 12.1 Å². The number of benzene rings is 1. The molecular formula is C21H35N5O. The second-order valence-corrected chi connectivity index (χ2v) is 7.71. The number of aliphatic imine (C=N–C) groups is 1. The molecule has 1 unspecified atom stereocenters. The fourth-order valence-corrected chi connectivity index (χ4v) is 3.87. The zero-order valence-corrected chi connectivity index (χ0v) is 17.3. The van der Waals surface area contributed by atoms with E-state index in [4.69, 9.17) is 9.73 Å². The molecule has 6 heteroatoms. The summed E-state index contributed by atoms with van der Waals surface area (Å²) in [5.41, 5.74) is 1.18. The van der Waals surface area contributed by atoms with Crippen LogP contribution in [0.5, 0.6) is 5.75 Å². The number of para-hydroxylation sites is 2. The number of methoxy groups -OCH3 is 1. The van der Waals surface area contributed by atoms with E-state index < -0.39 is 0 Å². The molecule has 1 saturated heterocycles. The minimum Gasteiger partial charge on any atom is -0.495 e. The molecular weight excluding hydrogens is 338 g/mol. The molecule has 1 aromatic rings. The first-order valence-corrected chi connectivity index (χ1v) is 10.2. The quantitative estimate of drug-likeness (QED) is 0.586. The lowest BCUT2D eigenvalue weighted by Crippen LogP contribution is -2.53. The van der Waals surface area contributed by atoms with E-state index in [1.54, 1.807) is 7.11 Å². The fraction of sp³-hybridized carbons (Fsp3) is 0.667. The van der Waals surface area contributed by atoms with Gasteiger partial charge in [-0.15, -0.1) is 0 Å². The summed E-state index contributed by atoms with van der Waals surface area (Å²) in [4.78, 5) is 12.1. The van der Waals surface area contributed by atoms with Gasteiger partial charge in [-0.25, -0.2) is 0 Å². The standard InChI is InChI=1S/C21H35N5O/c1-5-22-21(23-16-19(24(2)3)17-10-11-17)26-14-12-25(13-15-26)18-8-6-7-9-20(18)27-4/h6-9,17,19H,5,10-16H2,1-4H3,(H,22,23). The average molecular weight is 374 g/mol. The van der Waals surface area contributed by atoms with Gasteiger partial charge in [0.1, 0.15) is 5.75 Å². The number of piperazine rings is 1. The zero-order valence-electron chi connectivity index (χ0n) is 17.3. The molecule has 6 nitrogen and oxygen atoms in total. The zero-order chi connectivity index (χ0) is 19.2. The molecule has 0 bridgehead atoms. The number of rotatable bonds is 7. The highest BCUT2D eigenvalue weighted by molar-refractivity contribution is 5.80. The molecule has 0 radical (unpaired) electrons. The van der Waals surface area contributed by atoms with E-state index in [1.165, 1.54) is 18.5 Å². The first kappa shape index (κ1) is 19.8. The number of ether oxygens (including phenoxy) is 1. The van der Waals surface area contributed by atoms with Crippen molar-refractivity contribution >= 4 is 11.6 Å². The molecule has 3 rings (SSSR count). The van der Waals surface area contributed by atoms with Crippen molar-refractivity contribution in [3.05, 3.63) is 24.3 Å². The predicted molar refractivity (Wildman–Crippen MR) is 113 cm³/mol. The van der Waals surface area contributed by atoms with Crippen molar-refractivity contribution in [3.63, 3.8) is 0 Å². The van der Waals surface area contributed by atoms with E-state index in [2.05, 4.69) is 53.2 Å². The predicted octanol–water partition coefficient (Wildman–Crippen LogP) is 2.12. The molecule has 1 aliphatic carbocycles. The molecule has 2 fully saturated rings. The first-order valence-electron chi connectivity index (χ1n) is 10.2. The monoisotopic (exact) mass is 373 g/mol. The van der Waals surface area contributed by atoms with Crippen molar-refractivity contribution in [3.8, 4) is 5.75 Å². The van der Waals surface area contributed by atoms with Crippen LogP contribution in [0.25, 0.3) is 0 Å². The van der Waals surface area contributed by atoms with Gasteiger partial charge in [-0.2, -0.15) is 0 Å². The lowest BCUT2D eigenvalue weighted by atomic mass is 10.2.